The summed E-state index contributed by atoms with van der Waals surface area (Å²) in [6.07, 6.45) is 0. The first-order valence-corrected chi connectivity index (χ1v) is 18.1. The first-order chi connectivity index (χ1) is 25.5. The predicted octanol–water partition coefficient (Wildman–Crippen LogP) is 11.7. The molecular weight excluding hydrogens is 627 g/mol. The average Bonchev–Trinajstić information content (AvgIpc) is 3.20. The fraction of sp³-hybridized carbons (Fsp3) is 0.0612. The minimum atomic E-state index is -0.133. The maximum absolute atomic E-state index is 3.87. The second-order valence-electron chi connectivity index (χ2n) is 14.5. The van der Waals surface area contributed by atoms with E-state index in [-0.39, 0.29) is 5.41 Å². The molecule has 245 valence electrons. The Kier molecular flexibility index (Phi) is 6.98. The maximum atomic E-state index is 3.87. The van der Waals surface area contributed by atoms with Crippen molar-refractivity contribution in [3.05, 3.63) is 187 Å². The average molecular weight is 664 g/mol. The van der Waals surface area contributed by atoms with E-state index < -0.39 is 0 Å². The fourth-order valence-electron chi connectivity index (χ4n) is 8.48. The van der Waals surface area contributed by atoms with Crippen molar-refractivity contribution in [1.29, 1.82) is 0 Å². The van der Waals surface area contributed by atoms with Crippen molar-refractivity contribution in [2.75, 3.05) is 10.2 Å². The molecule has 8 aromatic rings. The van der Waals surface area contributed by atoms with Gasteiger partial charge in [0.1, 0.15) is 0 Å². The van der Waals surface area contributed by atoms with Crippen molar-refractivity contribution in [3.8, 4) is 33.4 Å². The van der Waals surface area contributed by atoms with E-state index in [0.29, 0.717) is 0 Å². The van der Waals surface area contributed by atoms with Gasteiger partial charge in [0, 0.05) is 33.7 Å². The van der Waals surface area contributed by atoms with Gasteiger partial charge in [-0.3, -0.25) is 0 Å². The van der Waals surface area contributed by atoms with Crippen molar-refractivity contribution in [2.24, 2.45) is 0 Å². The highest BCUT2D eigenvalue weighted by Crippen LogP contribution is 2.53. The van der Waals surface area contributed by atoms with Gasteiger partial charge in [0.25, 0.3) is 0 Å². The van der Waals surface area contributed by atoms with Crippen LogP contribution in [0.15, 0.2) is 176 Å². The molecule has 0 spiro atoms. The van der Waals surface area contributed by atoms with Crippen molar-refractivity contribution in [1.82, 2.24) is 0 Å². The van der Waals surface area contributed by atoms with Gasteiger partial charge < -0.3 is 10.2 Å². The van der Waals surface area contributed by atoms with Gasteiger partial charge in [0.15, 0.2) is 7.28 Å². The van der Waals surface area contributed by atoms with Crippen LogP contribution in [0.5, 0.6) is 0 Å². The zero-order chi connectivity index (χ0) is 34.8. The van der Waals surface area contributed by atoms with Crippen LogP contribution in [0.25, 0.3) is 44.2 Å². The molecule has 2 aliphatic heterocycles. The van der Waals surface area contributed by atoms with Crippen LogP contribution >= 0.6 is 0 Å². The number of rotatable bonds is 5. The van der Waals surface area contributed by atoms with Gasteiger partial charge in [-0.25, -0.2) is 0 Å². The summed E-state index contributed by atoms with van der Waals surface area (Å²) in [7, 11) is 2.43. The molecule has 52 heavy (non-hydrogen) atoms. The number of hydrogen-bond acceptors (Lipinski definition) is 2. The highest BCUT2D eigenvalue weighted by Gasteiger charge is 2.41. The molecule has 2 aliphatic rings. The van der Waals surface area contributed by atoms with Gasteiger partial charge in [-0.1, -0.05) is 159 Å². The van der Waals surface area contributed by atoms with Crippen molar-refractivity contribution >= 4 is 57.4 Å². The van der Waals surface area contributed by atoms with Crippen LogP contribution in [0.2, 0.25) is 0 Å². The van der Waals surface area contributed by atoms with Crippen LogP contribution in [0.3, 0.4) is 0 Å². The smallest absolute Gasteiger partial charge is 0.197 e. The highest BCUT2D eigenvalue weighted by molar-refractivity contribution is 6.73. The van der Waals surface area contributed by atoms with E-state index in [4.69, 9.17) is 0 Å². The molecule has 1 N–H and O–H groups in total. The molecule has 0 fully saturated rings. The first-order valence-electron chi connectivity index (χ1n) is 18.1. The molecule has 0 atom stereocenters. The third-order valence-electron chi connectivity index (χ3n) is 11.1. The Hall–Kier alpha value is -6.32. The number of fused-ring (bicyclic) bond motifs is 5. The molecule has 0 bridgehead atoms. The number of para-hydroxylation sites is 2. The van der Waals surface area contributed by atoms with Gasteiger partial charge in [-0.2, -0.15) is 0 Å². The molecule has 0 saturated carbocycles. The third kappa shape index (κ3) is 4.81. The second kappa shape index (κ2) is 11.9. The largest absolute Gasteiger partial charge is 0.355 e. The molecular formula is C49H36BN2. The Morgan fingerprint density at radius 3 is 1.96 bits per heavy atom. The lowest BCUT2D eigenvalue weighted by Crippen LogP contribution is -2.45. The summed E-state index contributed by atoms with van der Waals surface area (Å²) in [5.41, 5.74) is 18.1. The fourth-order valence-corrected chi connectivity index (χ4v) is 8.48. The summed E-state index contributed by atoms with van der Waals surface area (Å²) in [6.45, 7) is 4.72. The van der Waals surface area contributed by atoms with Gasteiger partial charge >= 0.3 is 0 Å². The van der Waals surface area contributed by atoms with Crippen molar-refractivity contribution in [2.45, 2.75) is 19.3 Å². The Labute approximate surface area is 306 Å². The van der Waals surface area contributed by atoms with Gasteiger partial charge in [0.2, 0.25) is 0 Å². The van der Waals surface area contributed by atoms with E-state index in [1.165, 1.54) is 83.3 Å². The van der Waals surface area contributed by atoms with Crippen LogP contribution in [0, 0.1) is 0 Å². The number of benzene rings is 8. The van der Waals surface area contributed by atoms with E-state index in [0.717, 1.165) is 11.4 Å². The summed E-state index contributed by atoms with van der Waals surface area (Å²) in [5.74, 6) is 0. The standard InChI is InChI=1S/C49H36BN2/c1-49(2)40-20-11-12-23-44(40)52-45-31-36(33-16-7-4-8-17-33)30-39(47(45)50-42-22-13-21-41(49)48(42)52)46-38-19-10-9-18-35(38)26-29-43(46)51-37-27-24-34(25-28-37)32-14-5-3-6-15-32/h3-31,51H,1-2H3. The molecule has 0 aromatic heterocycles. The predicted molar refractivity (Wildman–Crippen MR) is 222 cm³/mol. The molecule has 8 aromatic carbocycles. The van der Waals surface area contributed by atoms with Crippen LogP contribution in [0.4, 0.5) is 28.4 Å². The van der Waals surface area contributed by atoms with Crippen LogP contribution in [-0.4, -0.2) is 7.28 Å². The van der Waals surface area contributed by atoms with E-state index in [1.54, 1.807) is 0 Å². The molecule has 2 heterocycles. The van der Waals surface area contributed by atoms with Crippen LogP contribution in [0.1, 0.15) is 25.0 Å². The summed E-state index contributed by atoms with van der Waals surface area (Å²) >= 11 is 0. The normalized spacial score (nSPS) is 13.5. The van der Waals surface area contributed by atoms with Gasteiger partial charge in [0.05, 0.1) is 5.69 Å². The second-order valence-corrected chi connectivity index (χ2v) is 14.5. The quantitative estimate of drug-likeness (QED) is 0.184. The molecule has 0 aliphatic carbocycles. The summed E-state index contributed by atoms with van der Waals surface area (Å²) in [6, 6.07) is 64.0. The molecule has 3 heteroatoms. The third-order valence-corrected chi connectivity index (χ3v) is 11.1. The Balaban J connectivity index is 1.22. The van der Waals surface area contributed by atoms with Gasteiger partial charge in [-0.05, 0) is 91.6 Å². The highest BCUT2D eigenvalue weighted by atomic mass is 15.2. The first kappa shape index (κ1) is 30.5. The molecule has 10 rings (SSSR count). The summed E-state index contributed by atoms with van der Waals surface area (Å²) in [5, 5.41) is 6.30. The monoisotopic (exact) mass is 663 g/mol. The molecule has 0 unspecified atom stereocenters. The minimum Gasteiger partial charge on any atom is -0.355 e. The van der Waals surface area contributed by atoms with Gasteiger partial charge in [-0.15, -0.1) is 0 Å². The van der Waals surface area contributed by atoms with Crippen LogP contribution < -0.4 is 21.1 Å². The number of nitrogens with one attached hydrogen (secondary N) is 1. The summed E-state index contributed by atoms with van der Waals surface area (Å²) in [4.78, 5) is 2.54. The van der Waals surface area contributed by atoms with E-state index in [9.17, 15) is 0 Å². The van der Waals surface area contributed by atoms with E-state index in [2.05, 4.69) is 207 Å². The lowest BCUT2D eigenvalue weighted by molar-refractivity contribution is 0.632. The zero-order valence-electron chi connectivity index (χ0n) is 29.3. The number of anilines is 5. The van der Waals surface area contributed by atoms with Crippen LogP contribution in [-0.2, 0) is 5.41 Å². The topological polar surface area (TPSA) is 15.3 Å². The van der Waals surface area contributed by atoms with Crippen molar-refractivity contribution in [3.63, 3.8) is 0 Å². The van der Waals surface area contributed by atoms with Crippen molar-refractivity contribution < 1.29 is 0 Å². The minimum absolute atomic E-state index is 0.133. The lowest BCUT2D eigenvalue weighted by atomic mass is 9.55. The SMILES string of the molecule is CC1(C)c2ccccc2N2c3cc(-c4ccccc4)cc(-c4c(Nc5ccc(-c6ccccc6)cc5)ccc5ccccc45)c3[B]c3cccc1c32. The molecule has 0 amide bonds. The Bertz CT molecular complexity index is 2640. The summed E-state index contributed by atoms with van der Waals surface area (Å²) < 4.78 is 0. The molecule has 0 saturated heterocycles. The number of nitrogens with zero attached hydrogens (tertiary/aromatic N) is 1. The zero-order valence-corrected chi connectivity index (χ0v) is 29.3. The molecule has 2 nitrogen and oxygen atoms in total. The lowest BCUT2D eigenvalue weighted by Gasteiger charge is -2.46. The number of hydrogen-bond donors (Lipinski definition) is 1. The van der Waals surface area contributed by atoms with E-state index in [1.807, 2.05) is 0 Å². The maximum Gasteiger partial charge on any atom is 0.197 e. The Morgan fingerprint density at radius 1 is 0.519 bits per heavy atom. The molecule has 1 radical (unpaired) electrons. The van der Waals surface area contributed by atoms with E-state index >= 15 is 0 Å². The Morgan fingerprint density at radius 2 is 1.17 bits per heavy atom.